The lowest BCUT2D eigenvalue weighted by Gasteiger charge is -2.38. The second kappa shape index (κ2) is 9.37. The number of non-ortho nitro benzene ring substituents is 1. The summed E-state index contributed by atoms with van der Waals surface area (Å²) in [7, 11) is 1.63. The molecule has 172 valence electrons. The van der Waals surface area contributed by atoms with Crippen LogP contribution < -0.4 is 10.1 Å². The minimum absolute atomic E-state index is 0.0608. The zero-order chi connectivity index (χ0) is 23.4. The molecule has 3 aromatic rings. The summed E-state index contributed by atoms with van der Waals surface area (Å²) in [6.07, 6.45) is 1.55. The fourth-order valence-electron chi connectivity index (χ4n) is 4.13. The van der Waals surface area contributed by atoms with Gasteiger partial charge in [0, 0.05) is 37.3 Å². The normalized spacial score (nSPS) is 15.1. The van der Waals surface area contributed by atoms with Crippen LogP contribution in [-0.4, -0.2) is 52.7 Å². The predicted molar refractivity (Wildman–Crippen MR) is 120 cm³/mol. The molecule has 2 aromatic carbocycles. The number of hydrogen-bond acceptors (Lipinski definition) is 7. The van der Waals surface area contributed by atoms with E-state index in [1.807, 2.05) is 24.3 Å². The molecule has 1 fully saturated rings. The van der Waals surface area contributed by atoms with Gasteiger partial charge in [0.25, 0.3) is 11.6 Å². The van der Waals surface area contributed by atoms with Crippen molar-refractivity contribution in [3.63, 3.8) is 0 Å². The SMILES string of the molecule is COc1ccc(C2(CNC(=O)c3nnn(-c4cccc([N+](=O)[O-])c4)c3C)CCOCC2)cc1. The largest absolute Gasteiger partial charge is 0.497 e. The predicted octanol–water partition coefficient (Wildman–Crippen LogP) is 2.97. The van der Waals surface area contributed by atoms with E-state index in [0.717, 1.165) is 24.2 Å². The van der Waals surface area contributed by atoms with E-state index in [-0.39, 0.29) is 22.7 Å². The first-order chi connectivity index (χ1) is 15.9. The Kier molecular flexibility index (Phi) is 6.36. The number of aromatic nitrogens is 3. The van der Waals surface area contributed by atoms with E-state index in [2.05, 4.69) is 15.6 Å². The molecule has 0 spiro atoms. The summed E-state index contributed by atoms with van der Waals surface area (Å²) < 4.78 is 12.3. The minimum atomic E-state index is -0.476. The number of ether oxygens (including phenoxy) is 2. The molecule has 10 heteroatoms. The summed E-state index contributed by atoms with van der Waals surface area (Å²) in [6, 6.07) is 13.9. The van der Waals surface area contributed by atoms with E-state index >= 15 is 0 Å². The summed E-state index contributed by atoms with van der Waals surface area (Å²) in [6.45, 7) is 3.36. The number of rotatable bonds is 7. The zero-order valence-corrected chi connectivity index (χ0v) is 18.5. The summed E-state index contributed by atoms with van der Waals surface area (Å²) in [5, 5.41) is 22.2. The van der Waals surface area contributed by atoms with Crippen LogP contribution in [0.25, 0.3) is 5.69 Å². The standard InChI is InChI=1S/C23H25N5O5/c1-16-21(25-26-27(16)18-4-3-5-19(14-18)28(30)31)22(29)24-15-23(10-12-33-13-11-23)17-6-8-20(32-2)9-7-17/h3-9,14H,10-13,15H2,1-2H3,(H,24,29). The Morgan fingerprint density at radius 3 is 2.64 bits per heavy atom. The van der Waals surface area contributed by atoms with Crippen molar-refractivity contribution in [3.8, 4) is 11.4 Å². The van der Waals surface area contributed by atoms with Crippen molar-refractivity contribution in [2.24, 2.45) is 0 Å². The van der Waals surface area contributed by atoms with Gasteiger partial charge in [0.15, 0.2) is 5.69 Å². The number of nitro benzene ring substituents is 1. The first-order valence-corrected chi connectivity index (χ1v) is 10.6. The topological polar surface area (TPSA) is 121 Å². The Hall–Kier alpha value is -3.79. The van der Waals surface area contributed by atoms with Gasteiger partial charge in [-0.05, 0) is 43.5 Å². The van der Waals surface area contributed by atoms with Crippen molar-refractivity contribution < 1.29 is 19.2 Å². The van der Waals surface area contributed by atoms with Crippen LogP contribution >= 0.6 is 0 Å². The van der Waals surface area contributed by atoms with Crippen LogP contribution in [-0.2, 0) is 10.2 Å². The number of hydrogen-bond donors (Lipinski definition) is 1. The van der Waals surface area contributed by atoms with Crippen LogP contribution in [0.15, 0.2) is 48.5 Å². The fourth-order valence-corrected chi connectivity index (χ4v) is 4.13. The highest BCUT2D eigenvalue weighted by Crippen LogP contribution is 2.35. The van der Waals surface area contributed by atoms with Gasteiger partial charge in [0.2, 0.25) is 0 Å². The fraction of sp³-hybridized carbons (Fsp3) is 0.348. The van der Waals surface area contributed by atoms with Gasteiger partial charge in [-0.15, -0.1) is 5.10 Å². The molecular formula is C23H25N5O5. The van der Waals surface area contributed by atoms with E-state index in [4.69, 9.17) is 9.47 Å². The monoisotopic (exact) mass is 451 g/mol. The molecule has 0 bridgehead atoms. The van der Waals surface area contributed by atoms with Crippen molar-refractivity contribution in [3.05, 3.63) is 75.6 Å². The Labute approximate surface area is 190 Å². The molecule has 1 aromatic heterocycles. The van der Waals surface area contributed by atoms with Gasteiger partial charge in [0.1, 0.15) is 5.75 Å². The van der Waals surface area contributed by atoms with Gasteiger partial charge in [-0.25, -0.2) is 4.68 Å². The van der Waals surface area contributed by atoms with Crippen molar-refractivity contribution in [2.75, 3.05) is 26.9 Å². The van der Waals surface area contributed by atoms with Crippen molar-refractivity contribution >= 4 is 11.6 Å². The van der Waals surface area contributed by atoms with Gasteiger partial charge >= 0.3 is 0 Å². The number of methoxy groups -OCH3 is 1. The summed E-state index contributed by atoms with van der Waals surface area (Å²) in [5.74, 6) is 0.432. The molecule has 4 rings (SSSR count). The van der Waals surface area contributed by atoms with Gasteiger partial charge in [-0.2, -0.15) is 0 Å². The highest BCUT2D eigenvalue weighted by Gasteiger charge is 2.35. The Bertz CT molecular complexity index is 1150. The Morgan fingerprint density at radius 2 is 1.97 bits per heavy atom. The molecular weight excluding hydrogens is 426 g/mol. The smallest absolute Gasteiger partial charge is 0.273 e. The van der Waals surface area contributed by atoms with Gasteiger partial charge < -0.3 is 14.8 Å². The molecule has 0 saturated carbocycles. The number of nitro groups is 1. The van der Waals surface area contributed by atoms with Crippen LogP contribution in [0.5, 0.6) is 5.75 Å². The number of benzene rings is 2. The third kappa shape index (κ3) is 4.56. The molecule has 1 aliphatic heterocycles. The molecule has 1 amide bonds. The minimum Gasteiger partial charge on any atom is -0.497 e. The van der Waals surface area contributed by atoms with Crippen molar-refractivity contribution in [2.45, 2.75) is 25.2 Å². The maximum atomic E-state index is 13.0. The number of nitrogens with one attached hydrogen (secondary N) is 1. The molecule has 10 nitrogen and oxygen atoms in total. The van der Waals surface area contributed by atoms with E-state index in [9.17, 15) is 14.9 Å². The van der Waals surface area contributed by atoms with E-state index in [1.165, 1.54) is 16.8 Å². The highest BCUT2D eigenvalue weighted by atomic mass is 16.6. The Morgan fingerprint density at radius 1 is 1.24 bits per heavy atom. The van der Waals surface area contributed by atoms with Crippen LogP contribution in [0.2, 0.25) is 0 Å². The summed E-state index contributed by atoms with van der Waals surface area (Å²) >= 11 is 0. The second-order valence-corrected chi connectivity index (χ2v) is 8.02. The molecule has 1 N–H and O–H groups in total. The van der Waals surface area contributed by atoms with Crippen LogP contribution in [0.3, 0.4) is 0 Å². The van der Waals surface area contributed by atoms with E-state index < -0.39 is 4.92 Å². The molecule has 0 radical (unpaired) electrons. The number of amides is 1. The lowest BCUT2D eigenvalue weighted by atomic mass is 9.74. The van der Waals surface area contributed by atoms with Gasteiger partial charge in [-0.3, -0.25) is 14.9 Å². The zero-order valence-electron chi connectivity index (χ0n) is 18.5. The van der Waals surface area contributed by atoms with Crippen molar-refractivity contribution in [1.82, 2.24) is 20.3 Å². The van der Waals surface area contributed by atoms with Gasteiger partial charge in [-0.1, -0.05) is 23.4 Å². The van der Waals surface area contributed by atoms with Crippen molar-refractivity contribution in [1.29, 1.82) is 0 Å². The third-order valence-electron chi connectivity index (χ3n) is 6.13. The Balaban J connectivity index is 1.54. The number of carbonyl (C=O) groups excluding carboxylic acids is 1. The average molecular weight is 451 g/mol. The molecule has 2 heterocycles. The molecule has 33 heavy (non-hydrogen) atoms. The average Bonchev–Trinajstić information content (AvgIpc) is 3.24. The molecule has 0 aliphatic carbocycles. The summed E-state index contributed by atoms with van der Waals surface area (Å²) in [4.78, 5) is 23.6. The quantitative estimate of drug-likeness (QED) is 0.433. The second-order valence-electron chi connectivity index (χ2n) is 8.02. The molecule has 0 atom stereocenters. The van der Waals surface area contributed by atoms with E-state index in [1.54, 1.807) is 26.2 Å². The molecule has 1 saturated heterocycles. The first kappa shape index (κ1) is 22.4. The maximum absolute atomic E-state index is 13.0. The third-order valence-corrected chi connectivity index (χ3v) is 6.13. The highest BCUT2D eigenvalue weighted by molar-refractivity contribution is 5.93. The first-order valence-electron chi connectivity index (χ1n) is 10.6. The van der Waals surface area contributed by atoms with E-state index in [0.29, 0.717) is 31.1 Å². The van der Waals surface area contributed by atoms with Crippen LogP contribution in [0.1, 0.15) is 34.6 Å². The lowest BCUT2D eigenvalue weighted by molar-refractivity contribution is -0.384. The lowest BCUT2D eigenvalue weighted by Crippen LogP contribution is -2.44. The van der Waals surface area contributed by atoms with Gasteiger partial charge in [0.05, 0.1) is 23.4 Å². The molecule has 1 aliphatic rings. The number of carbonyl (C=O) groups is 1. The van der Waals surface area contributed by atoms with Crippen LogP contribution in [0.4, 0.5) is 5.69 Å². The number of nitrogens with zero attached hydrogens (tertiary/aromatic N) is 4. The molecule has 0 unspecified atom stereocenters. The maximum Gasteiger partial charge on any atom is 0.273 e. The van der Waals surface area contributed by atoms with Crippen LogP contribution in [0, 0.1) is 17.0 Å². The summed E-state index contributed by atoms with van der Waals surface area (Å²) in [5.41, 5.74) is 1.94.